The Morgan fingerprint density at radius 2 is 0.808 bits per heavy atom. The summed E-state index contributed by atoms with van der Waals surface area (Å²) in [6, 6.07) is -4.67. The van der Waals surface area contributed by atoms with E-state index in [9.17, 15) is 121 Å². The van der Waals surface area contributed by atoms with Crippen molar-refractivity contribution in [1.82, 2.24) is 16.0 Å². The van der Waals surface area contributed by atoms with E-state index < -0.39 is 272 Å². The fraction of sp³-hybridized carbons (Fsp3) is 0.926. The van der Waals surface area contributed by atoms with Crippen LogP contribution in [0.1, 0.15) is 227 Å². The van der Waals surface area contributed by atoms with Gasteiger partial charge < -0.3 is 175 Å². The van der Waals surface area contributed by atoms with E-state index in [2.05, 4.69) is 29.8 Å². The number of hydrogen-bond acceptors (Lipinski definition) is 35. The summed E-state index contributed by atoms with van der Waals surface area (Å²) < 4.78 is 70.5. The van der Waals surface area contributed by atoms with Crippen LogP contribution in [0, 0.1) is 0 Å². The van der Waals surface area contributed by atoms with Gasteiger partial charge in [0.2, 0.25) is 17.7 Å². The molecule has 23 N–H and O–H groups in total. The van der Waals surface area contributed by atoms with Crippen molar-refractivity contribution in [2.75, 3.05) is 46.2 Å². The molecule has 0 aromatic carbocycles. The molecule has 6 rings (SSSR count). The minimum Gasteiger partial charge on any atom is -0.477 e. The average molecular weight is 1740 g/mol. The summed E-state index contributed by atoms with van der Waals surface area (Å²) in [5.41, 5.74) is 0. The van der Waals surface area contributed by atoms with Crippen molar-refractivity contribution in [1.29, 1.82) is 0 Å². The second kappa shape index (κ2) is 55.2. The fourth-order valence-electron chi connectivity index (χ4n) is 16.2. The molecule has 39 heteroatoms. The number of ether oxygens (including phenoxy) is 12. The lowest BCUT2D eigenvalue weighted by molar-refractivity contribution is -0.395. The van der Waals surface area contributed by atoms with Crippen LogP contribution in [-0.2, 0) is 76.0 Å². The van der Waals surface area contributed by atoms with Gasteiger partial charge in [0.15, 0.2) is 31.5 Å². The first-order valence-corrected chi connectivity index (χ1v) is 43.6. The number of carbonyl (C=O) groups is 4. The van der Waals surface area contributed by atoms with Crippen LogP contribution in [0.4, 0.5) is 0 Å². The van der Waals surface area contributed by atoms with E-state index in [0.29, 0.717) is 12.8 Å². The van der Waals surface area contributed by atoms with Gasteiger partial charge >= 0.3 is 5.97 Å². The maximum absolute atomic E-state index is 13.6. The fourth-order valence-corrected chi connectivity index (χ4v) is 16.2. The maximum Gasteiger partial charge on any atom is 0.364 e. The van der Waals surface area contributed by atoms with E-state index in [-0.39, 0.29) is 12.3 Å². The number of carbonyl (C=O) groups excluding carboxylic acids is 3. The molecule has 6 aliphatic heterocycles. The van der Waals surface area contributed by atoms with E-state index >= 15 is 0 Å². The summed E-state index contributed by atoms with van der Waals surface area (Å²) >= 11 is 0. The molecule has 0 aromatic rings. The standard InChI is InChI=1S/C81H145N3O36/c1-5-7-9-11-13-15-17-19-20-21-22-24-26-28-30-32-34-36-56(96)84-47(48(93)35-33-31-29-27-25-23-18-16-14-12-10-8-6-2)44-109-76-65(103)64(102)70(55(43-90)114-76)116-78-66(104)72(60(98)51(39-86)111-78)117-75-58(83-46(4)92)63(101)69(54(42-89)113-75)115-77-67(105)73(61(99)52(40-87)110-77)118-79-68(106)74(62(100)53(41-88)112-79)120-81(80(107)108)37-49(94)57(82-45(3)91)71(119-81)59(97)50(95)38-85/h33,35,47-55,57-79,85-90,93-95,97-106H,5-32,34,36-44H2,1-4H3,(H,82,91)(H,83,92)(H,84,96)(H,107,108)/b35-33+/t47-,48+,49?,50+,51?,52?,53?,54?,55?,57+,58?,59+,60-,61-,62-,63+,64+,65?,66?,67?,68?,69+,70+,71?,72-,73-,74-,75-,76+,77-,78-,79-,81-/m0/s1. The highest BCUT2D eigenvalue weighted by atomic mass is 16.8. The highest BCUT2D eigenvalue weighted by Crippen LogP contribution is 2.41. The minimum atomic E-state index is -3.23. The number of unbranched alkanes of at least 4 members (excludes halogenated alkanes) is 27. The van der Waals surface area contributed by atoms with Gasteiger partial charge in [-0.2, -0.15) is 0 Å². The first kappa shape index (κ1) is 105. The number of allylic oxidation sites excluding steroid dienone is 1. The summed E-state index contributed by atoms with van der Waals surface area (Å²) in [6.45, 7) is -0.624. The normalized spacial score (nSPS) is 36.0. The number of carboxylic acids is 1. The van der Waals surface area contributed by atoms with Crippen LogP contribution in [0.2, 0.25) is 0 Å². The van der Waals surface area contributed by atoms with Crippen LogP contribution < -0.4 is 16.0 Å². The van der Waals surface area contributed by atoms with Gasteiger partial charge in [-0.3, -0.25) is 14.4 Å². The minimum absolute atomic E-state index is 0.163. The summed E-state index contributed by atoms with van der Waals surface area (Å²) in [7, 11) is 0. The topological polar surface area (TPSA) is 620 Å². The van der Waals surface area contributed by atoms with Gasteiger partial charge in [0.25, 0.3) is 5.79 Å². The summed E-state index contributed by atoms with van der Waals surface area (Å²) in [5, 5.41) is 231. The van der Waals surface area contributed by atoms with Gasteiger partial charge in [0.05, 0.1) is 70.5 Å². The Hall–Kier alpha value is -3.62. The summed E-state index contributed by atoms with van der Waals surface area (Å²) in [6.07, 6.45) is -23.6. The van der Waals surface area contributed by atoms with E-state index in [0.717, 1.165) is 65.2 Å². The van der Waals surface area contributed by atoms with Crippen molar-refractivity contribution >= 4 is 23.7 Å². The van der Waals surface area contributed by atoms with Crippen LogP contribution in [0.3, 0.4) is 0 Å². The molecule has 6 saturated heterocycles. The predicted molar refractivity (Wildman–Crippen MR) is 420 cm³/mol. The smallest absolute Gasteiger partial charge is 0.364 e. The lowest BCUT2D eigenvalue weighted by atomic mass is 9.88. The molecule has 39 nitrogen and oxygen atoms in total. The van der Waals surface area contributed by atoms with Gasteiger partial charge in [0, 0.05) is 26.7 Å². The SMILES string of the molecule is CCCCCCCCCCCCC/C=C/[C@@H](O)[C@H](CO[C@@H]1OC(CO)[C@@H](O[C@@H]2OC(CO)[C@H](O)[C@H](O[C@@H]3OC(CO)[C@@H](O[C@@H]4OC(CO)[C@H](O)[C@H](O[C@@H]5OC(CO)[C@H](O)[C@H](O[C@]6(C(=O)O)CC(O)[C@@H](NC(C)=O)C([C@H](O)[C@H](O)CO)O6)C5O)C4O)[C@H](O)C3NC(C)=O)C2O)[C@H](O)C1O)NC(=O)CCCCCCCCCCCCCCCCCCC. The van der Waals surface area contributed by atoms with Crippen molar-refractivity contribution in [2.24, 2.45) is 0 Å². The second-order valence-corrected chi connectivity index (χ2v) is 32.8. The van der Waals surface area contributed by atoms with E-state index in [1.54, 1.807) is 6.08 Å². The molecule has 0 aromatic heterocycles. The number of amides is 3. The number of aliphatic hydroxyl groups is 19. The molecule has 12 unspecified atom stereocenters. The Bertz CT molecular complexity index is 2870. The van der Waals surface area contributed by atoms with Gasteiger partial charge in [-0.05, 0) is 19.3 Å². The first-order valence-electron chi connectivity index (χ1n) is 43.6. The zero-order chi connectivity index (χ0) is 88.2. The van der Waals surface area contributed by atoms with Crippen molar-refractivity contribution in [3.63, 3.8) is 0 Å². The van der Waals surface area contributed by atoms with Gasteiger partial charge in [-0.25, -0.2) is 4.79 Å². The zero-order valence-corrected chi connectivity index (χ0v) is 70.0. The van der Waals surface area contributed by atoms with Gasteiger partial charge in [-0.1, -0.05) is 193 Å². The molecule has 3 amide bonds. The monoisotopic (exact) mass is 1740 g/mol. The van der Waals surface area contributed by atoms with Crippen molar-refractivity contribution in [2.45, 2.75) is 429 Å². The molecule has 6 aliphatic rings. The lowest BCUT2D eigenvalue weighted by Crippen LogP contribution is -2.71. The molecule has 0 radical (unpaired) electrons. The third-order valence-electron chi connectivity index (χ3n) is 23.2. The molecule has 6 heterocycles. The number of hydrogen-bond donors (Lipinski definition) is 23. The van der Waals surface area contributed by atoms with Crippen LogP contribution >= 0.6 is 0 Å². The third-order valence-corrected chi connectivity index (χ3v) is 23.2. The largest absolute Gasteiger partial charge is 0.477 e. The van der Waals surface area contributed by atoms with E-state index in [1.165, 1.54) is 122 Å². The predicted octanol–water partition coefficient (Wildman–Crippen LogP) is -2.44. The molecule has 700 valence electrons. The quantitative estimate of drug-likeness (QED) is 0.0222. The number of aliphatic hydroxyl groups excluding tert-OH is 19. The van der Waals surface area contributed by atoms with Crippen LogP contribution in [0.25, 0.3) is 0 Å². The van der Waals surface area contributed by atoms with Crippen molar-refractivity contribution in [3.05, 3.63) is 12.2 Å². The van der Waals surface area contributed by atoms with E-state index in [1.807, 2.05) is 6.08 Å². The molecule has 33 atom stereocenters. The number of rotatable bonds is 57. The number of carboxylic acid groups (broad SMARTS) is 1. The zero-order valence-electron chi connectivity index (χ0n) is 70.0. The van der Waals surface area contributed by atoms with Crippen molar-refractivity contribution in [3.8, 4) is 0 Å². The molecule has 6 fully saturated rings. The Labute approximate surface area is 702 Å². The summed E-state index contributed by atoms with van der Waals surface area (Å²) in [5.74, 6) is -7.43. The molecular formula is C81H145N3O36. The highest BCUT2D eigenvalue weighted by molar-refractivity contribution is 5.77. The second-order valence-electron chi connectivity index (χ2n) is 32.8. The van der Waals surface area contributed by atoms with Gasteiger partial charge in [-0.15, -0.1) is 0 Å². The van der Waals surface area contributed by atoms with Crippen LogP contribution in [-0.4, -0.2) is 374 Å². The molecule has 120 heavy (non-hydrogen) atoms. The average Bonchev–Trinajstić information content (AvgIpc) is 0.751. The molecular weight excluding hydrogens is 1590 g/mol. The molecule has 0 bridgehead atoms. The number of nitrogens with one attached hydrogen (secondary N) is 3. The Kier molecular flexibility index (Phi) is 48.4. The van der Waals surface area contributed by atoms with Crippen LogP contribution in [0.15, 0.2) is 12.2 Å². The Balaban J connectivity index is 1.10. The van der Waals surface area contributed by atoms with Gasteiger partial charge in [0.1, 0.15) is 140 Å². The van der Waals surface area contributed by atoms with E-state index in [4.69, 9.17) is 56.8 Å². The third kappa shape index (κ3) is 31.4. The Morgan fingerprint density at radius 3 is 1.23 bits per heavy atom. The Morgan fingerprint density at radius 1 is 0.433 bits per heavy atom. The first-order chi connectivity index (χ1) is 57.5. The molecule has 0 aliphatic carbocycles. The van der Waals surface area contributed by atoms with Crippen LogP contribution in [0.5, 0.6) is 0 Å². The summed E-state index contributed by atoms with van der Waals surface area (Å²) in [4.78, 5) is 51.9. The maximum atomic E-state index is 13.6. The highest BCUT2D eigenvalue weighted by Gasteiger charge is 2.62. The number of aliphatic carboxylic acids is 1. The van der Waals surface area contributed by atoms with Crippen molar-refractivity contribution < 1.29 is 178 Å². The molecule has 0 saturated carbocycles. The molecule has 0 spiro atoms. The lowest BCUT2D eigenvalue weighted by Gasteiger charge is -2.51.